The lowest BCUT2D eigenvalue weighted by molar-refractivity contribution is -0.688. The normalized spacial score (nSPS) is 11.2. The molecule has 45 heavy (non-hydrogen) atoms. The van der Waals surface area contributed by atoms with Gasteiger partial charge in [0.25, 0.3) is 0 Å². The van der Waals surface area contributed by atoms with E-state index in [4.69, 9.17) is 9.47 Å². The fourth-order valence-electron chi connectivity index (χ4n) is 5.91. The van der Waals surface area contributed by atoms with E-state index in [1.165, 1.54) is 38.6 Å². The molecule has 0 aliphatic heterocycles. The van der Waals surface area contributed by atoms with Crippen LogP contribution in [0, 0.1) is 0 Å². The Balaban J connectivity index is 0.00000400. The lowest BCUT2D eigenvalue weighted by Crippen LogP contribution is -3.00. The largest absolute Gasteiger partial charge is 1.00 e. The number of benzene rings is 4. The van der Waals surface area contributed by atoms with Gasteiger partial charge in [-0.15, -0.1) is 0 Å². The average molecular weight is 662 g/mol. The maximum absolute atomic E-state index is 6.19. The molecule has 0 aliphatic carbocycles. The number of methoxy groups -OCH3 is 1. The third-order valence-electron chi connectivity index (χ3n) is 8.25. The van der Waals surface area contributed by atoms with Crippen LogP contribution < -0.4 is 31.0 Å². The van der Waals surface area contributed by atoms with Crippen molar-refractivity contribution < 1.29 is 31.0 Å². The Hall–Kier alpha value is -4.35. The molecule has 0 saturated carbocycles. The van der Waals surface area contributed by atoms with Crippen molar-refractivity contribution in [3.8, 4) is 11.5 Å². The molecule has 0 N–H and O–H groups in total. The van der Waals surface area contributed by atoms with Crippen LogP contribution in [0.2, 0.25) is 0 Å². The van der Waals surface area contributed by atoms with E-state index in [1.807, 2.05) is 12.1 Å². The molecule has 230 valence electrons. The summed E-state index contributed by atoms with van der Waals surface area (Å²) in [5.74, 6) is 1.80. The van der Waals surface area contributed by atoms with Crippen molar-refractivity contribution >= 4 is 34.0 Å². The predicted octanol–water partition coefficient (Wildman–Crippen LogP) is 6.13. The van der Waals surface area contributed by atoms with E-state index in [0.29, 0.717) is 0 Å². The molecular weight excluding hydrogens is 620 g/mol. The van der Waals surface area contributed by atoms with Crippen molar-refractivity contribution in [1.29, 1.82) is 0 Å². The van der Waals surface area contributed by atoms with Crippen molar-refractivity contribution in [3.05, 3.63) is 138 Å². The minimum absolute atomic E-state index is 0. The van der Waals surface area contributed by atoms with Crippen LogP contribution >= 0.6 is 0 Å². The number of fused-ring (bicyclic) bond motifs is 3. The van der Waals surface area contributed by atoms with Crippen molar-refractivity contribution in [3.63, 3.8) is 0 Å². The number of pyridine rings is 1. The number of nitrogens with zero attached hydrogens (tertiary/aromatic N) is 2. The SMILES string of the molecule is CCCCOc1ccc2c3cc[n+](Cc4ccccc4)c(/C=C/c4ccc(OC)cc4)c3n(CCCc3ccccc3)c2c1.[Br-]. The second-order valence-electron chi connectivity index (χ2n) is 11.3. The van der Waals surface area contributed by atoms with E-state index in [9.17, 15) is 0 Å². The van der Waals surface area contributed by atoms with E-state index >= 15 is 0 Å². The Morgan fingerprint density at radius 2 is 1.44 bits per heavy atom. The topological polar surface area (TPSA) is 27.3 Å². The summed E-state index contributed by atoms with van der Waals surface area (Å²) in [5.41, 5.74) is 7.43. The van der Waals surface area contributed by atoms with Crippen LogP contribution in [-0.2, 0) is 19.5 Å². The highest BCUT2D eigenvalue weighted by Crippen LogP contribution is 2.34. The second kappa shape index (κ2) is 15.6. The maximum atomic E-state index is 6.19. The summed E-state index contributed by atoms with van der Waals surface area (Å²) in [6.07, 6.45) is 11.0. The summed E-state index contributed by atoms with van der Waals surface area (Å²) >= 11 is 0. The van der Waals surface area contributed by atoms with Crippen LogP contribution in [0.3, 0.4) is 0 Å². The van der Waals surface area contributed by atoms with Crippen LogP contribution in [0.15, 0.2) is 115 Å². The molecule has 0 saturated heterocycles. The van der Waals surface area contributed by atoms with Gasteiger partial charge in [0, 0.05) is 41.1 Å². The first kappa shape index (κ1) is 32.1. The highest BCUT2D eigenvalue weighted by molar-refractivity contribution is 6.10. The van der Waals surface area contributed by atoms with Crippen molar-refractivity contribution in [1.82, 2.24) is 4.57 Å². The Labute approximate surface area is 277 Å². The van der Waals surface area contributed by atoms with E-state index in [2.05, 4.69) is 131 Å². The minimum Gasteiger partial charge on any atom is -1.00 e. The number of ether oxygens (including phenoxy) is 2. The van der Waals surface area contributed by atoms with Gasteiger partial charge >= 0.3 is 0 Å². The van der Waals surface area contributed by atoms with Crippen LogP contribution in [0.4, 0.5) is 0 Å². The number of aryl methyl sites for hydroxylation is 2. The molecule has 0 atom stereocenters. The fourth-order valence-corrected chi connectivity index (χ4v) is 5.91. The Morgan fingerprint density at radius 3 is 2.16 bits per heavy atom. The van der Waals surface area contributed by atoms with Gasteiger partial charge < -0.3 is 31.0 Å². The Morgan fingerprint density at radius 1 is 0.733 bits per heavy atom. The summed E-state index contributed by atoms with van der Waals surface area (Å²) in [6.45, 7) is 4.63. The summed E-state index contributed by atoms with van der Waals surface area (Å²) in [5, 5.41) is 2.52. The Bertz CT molecular complexity index is 1850. The molecule has 0 radical (unpaired) electrons. The van der Waals surface area contributed by atoms with E-state index < -0.39 is 0 Å². The zero-order chi connectivity index (χ0) is 30.1. The number of halogens is 1. The lowest BCUT2D eigenvalue weighted by atomic mass is 10.1. The van der Waals surface area contributed by atoms with Crippen LogP contribution in [0.1, 0.15) is 48.6 Å². The maximum Gasteiger partial charge on any atom is 0.230 e. The molecule has 0 unspecified atom stereocenters. The van der Waals surface area contributed by atoms with Crippen molar-refractivity contribution in [2.75, 3.05) is 13.7 Å². The molecule has 0 fully saturated rings. The number of aromatic nitrogens is 2. The summed E-state index contributed by atoms with van der Waals surface area (Å²) in [7, 11) is 1.70. The molecule has 5 heteroatoms. The first-order chi connectivity index (χ1) is 21.7. The second-order valence-corrected chi connectivity index (χ2v) is 11.3. The number of rotatable bonds is 13. The lowest BCUT2D eigenvalue weighted by Gasteiger charge is -2.11. The van der Waals surface area contributed by atoms with Gasteiger partial charge in [0.15, 0.2) is 12.7 Å². The highest BCUT2D eigenvalue weighted by Gasteiger charge is 2.22. The van der Waals surface area contributed by atoms with Crippen molar-refractivity contribution in [2.45, 2.75) is 45.7 Å². The molecule has 4 aromatic carbocycles. The van der Waals surface area contributed by atoms with Gasteiger partial charge in [-0.1, -0.05) is 86.1 Å². The molecule has 0 bridgehead atoms. The van der Waals surface area contributed by atoms with Crippen LogP contribution in [0.5, 0.6) is 11.5 Å². The van der Waals surface area contributed by atoms with Gasteiger partial charge in [-0.3, -0.25) is 0 Å². The standard InChI is InChI=1S/C40H41N2O2.BrH/c1-3-4-28-44-35-22-23-36-37-25-27-41(30-33-14-9-6-10-15-33)38(24-19-32-17-20-34(43-2)21-18-32)40(37)42(39(36)29-35)26-11-16-31-12-7-5-8-13-31;/h5-10,12-15,17-25,27,29H,3-4,11,16,26,28,30H2,1-2H3;1H/q+1;/p-1/b24-19+;. The molecule has 6 aromatic rings. The first-order valence-electron chi connectivity index (χ1n) is 15.7. The zero-order valence-electron chi connectivity index (χ0n) is 26.2. The van der Waals surface area contributed by atoms with Gasteiger partial charge in [0.05, 0.1) is 19.2 Å². The van der Waals surface area contributed by atoms with E-state index in [1.54, 1.807) is 7.11 Å². The third-order valence-corrected chi connectivity index (χ3v) is 8.25. The molecule has 6 rings (SSSR count). The van der Waals surface area contributed by atoms with Gasteiger partial charge in [-0.2, -0.15) is 4.57 Å². The van der Waals surface area contributed by atoms with Gasteiger partial charge in [-0.05, 0) is 60.7 Å². The third kappa shape index (κ3) is 7.66. The monoisotopic (exact) mass is 660 g/mol. The summed E-state index contributed by atoms with van der Waals surface area (Å²) < 4.78 is 16.5. The molecule has 2 aromatic heterocycles. The van der Waals surface area contributed by atoms with E-state index in [0.717, 1.165) is 62.4 Å². The van der Waals surface area contributed by atoms with Gasteiger partial charge in [0.2, 0.25) is 5.69 Å². The fraction of sp³-hybridized carbons (Fsp3) is 0.225. The number of unbranched alkanes of at least 4 members (excludes halogenated alkanes) is 1. The van der Waals surface area contributed by atoms with Gasteiger partial charge in [0.1, 0.15) is 17.0 Å². The Kier molecular flexibility index (Phi) is 11.1. The number of hydrogen-bond donors (Lipinski definition) is 0. The summed E-state index contributed by atoms with van der Waals surface area (Å²) in [6, 6.07) is 38.6. The first-order valence-corrected chi connectivity index (χ1v) is 15.7. The predicted molar refractivity (Wildman–Crippen MR) is 182 cm³/mol. The highest BCUT2D eigenvalue weighted by atomic mass is 79.9. The smallest absolute Gasteiger partial charge is 0.230 e. The van der Waals surface area contributed by atoms with Crippen molar-refractivity contribution in [2.24, 2.45) is 0 Å². The molecule has 0 aliphatic rings. The number of hydrogen-bond acceptors (Lipinski definition) is 2. The summed E-state index contributed by atoms with van der Waals surface area (Å²) in [4.78, 5) is 0. The van der Waals surface area contributed by atoms with E-state index in [-0.39, 0.29) is 17.0 Å². The quantitative estimate of drug-likeness (QED) is 0.110. The molecule has 0 spiro atoms. The van der Waals surface area contributed by atoms with Gasteiger partial charge in [-0.25, -0.2) is 0 Å². The van der Waals surface area contributed by atoms with Crippen LogP contribution in [0.25, 0.3) is 34.0 Å². The van der Waals surface area contributed by atoms with Crippen LogP contribution in [-0.4, -0.2) is 18.3 Å². The minimum atomic E-state index is 0. The zero-order valence-corrected chi connectivity index (χ0v) is 27.7. The molecular formula is C40H41BrN2O2. The molecule has 0 amide bonds. The molecule has 4 nitrogen and oxygen atoms in total. The molecule has 2 heterocycles. The average Bonchev–Trinajstić information content (AvgIpc) is 3.38.